The van der Waals surface area contributed by atoms with Crippen molar-refractivity contribution in [1.29, 1.82) is 0 Å². The largest absolute Gasteiger partial charge is 0.497 e. The molecule has 0 saturated carbocycles. The monoisotopic (exact) mass is 375 g/mol. The third-order valence-corrected chi connectivity index (χ3v) is 3.70. The third-order valence-electron chi connectivity index (χ3n) is 3.70. The Hall–Kier alpha value is -3.26. The van der Waals surface area contributed by atoms with Crippen molar-refractivity contribution in [3.63, 3.8) is 0 Å². The van der Waals surface area contributed by atoms with Crippen LogP contribution in [-0.4, -0.2) is 42.6 Å². The molecule has 144 valence electrons. The number of carbonyl (C=O) groups is 2. The van der Waals surface area contributed by atoms with Crippen molar-refractivity contribution in [2.45, 2.75) is 13.0 Å². The summed E-state index contributed by atoms with van der Waals surface area (Å²) in [4.78, 5) is 18.2. The zero-order valence-electron chi connectivity index (χ0n) is 14.8. The predicted molar refractivity (Wildman–Crippen MR) is 96.2 cm³/mol. The molecule has 0 aliphatic carbocycles. The van der Waals surface area contributed by atoms with E-state index in [-0.39, 0.29) is 0 Å². The Morgan fingerprint density at radius 3 is 2.26 bits per heavy atom. The number of carboxylic acid groups (broad SMARTS) is 2. The molecule has 2 aromatic rings. The standard InChI is InChI=1S/C17H19NO3.C2H2O4/c1-19-15-5-2-13(3-6-15)8-9-18-11-14-4-7-16-17(10-14)21-12-20-16;3-1(4)2(5)6/h2-7,10,18H,8-9,11-12H2,1H3;(H,3,4)(H,5,6). The number of aliphatic carboxylic acids is 2. The molecule has 0 amide bonds. The van der Waals surface area contributed by atoms with E-state index < -0.39 is 11.9 Å². The highest BCUT2D eigenvalue weighted by atomic mass is 16.7. The van der Waals surface area contributed by atoms with Crippen molar-refractivity contribution in [3.8, 4) is 17.2 Å². The van der Waals surface area contributed by atoms with Crippen molar-refractivity contribution < 1.29 is 34.0 Å². The molecule has 1 heterocycles. The van der Waals surface area contributed by atoms with Gasteiger partial charge in [0.05, 0.1) is 7.11 Å². The Morgan fingerprint density at radius 1 is 1.00 bits per heavy atom. The van der Waals surface area contributed by atoms with Crippen molar-refractivity contribution in [2.75, 3.05) is 20.4 Å². The van der Waals surface area contributed by atoms with Gasteiger partial charge in [0.1, 0.15) is 5.75 Å². The minimum absolute atomic E-state index is 0.323. The van der Waals surface area contributed by atoms with Crippen LogP contribution in [0.15, 0.2) is 42.5 Å². The Labute approximate surface area is 156 Å². The van der Waals surface area contributed by atoms with E-state index in [4.69, 9.17) is 34.0 Å². The maximum atomic E-state index is 9.10. The minimum atomic E-state index is -1.82. The van der Waals surface area contributed by atoms with Gasteiger partial charge in [0.15, 0.2) is 11.5 Å². The van der Waals surface area contributed by atoms with Crippen molar-refractivity contribution >= 4 is 11.9 Å². The quantitative estimate of drug-likeness (QED) is 0.518. The summed E-state index contributed by atoms with van der Waals surface area (Å²) in [5.41, 5.74) is 2.50. The second-order valence-electron chi connectivity index (χ2n) is 5.57. The minimum Gasteiger partial charge on any atom is -0.497 e. The fourth-order valence-corrected chi connectivity index (χ4v) is 2.31. The summed E-state index contributed by atoms with van der Waals surface area (Å²) >= 11 is 0. The molecular weight excluding hydrogens is 354 g/mol. The molecule has 8 heteroatoms. The Morgan fingerprint density at radius 2 is 1.63 bits per heavy atom. The second-order valence-corrected chi connectivity index (χ2v) is 5.57. The smallest absolute Gasteiger partial charge is 0.414 e. The van der Waals surface area contributed by atoms with Crippen LogP contribution < -0.4 is 19.5 Å². The predicted octanol–water partition coefficient (Wildman–Crippen LogP) is 1.91. The molecule has 3 rings (SSSR count). The van der Waals surface area contributed by atoms with E-state index in [1.54, 1.807) is 7.11 Å². The average molecular weight is 375 g/mol. The maximum absolute atomic E-state index is 9.10. The van der Waals surface area contributed by atoms with E-state index in [9.17, 15) is 0 Å². The topological polar surface area (TPSA) is 114 Å². The molecule has 2 aromatic carbocycles. The molecule has 8 nitrogen and oxygen atoms in total. The molecule has 1 aliphatic rings. The first-order chi connectivity index (χ1) is 13.0. The fourth-order valence-electron chi connectivity index (χ4n) is 2.31. The van der Waals surface area contributed by atoms with E-state index >= 15 is 0 Å². The highest BCUT2D eigenvalue weighted by Crippen LogP contribution is 2.32. The van der Waals surface area contributed by atoms with E-state index in [2.05, 4.69) is 23.5 Å². The number of hydrogen-bond acceptors (Lipinski definition) is 6. The summed E-state index contributed by atoms with van der Waals surface area (Å²) in [6.45, 7) is 2.08. The number of hydrogen-bond donors (Lipinski definition) is 3. The van der Waals surface area contributed by atoms with Gasteiger partial charge in [0.25, 0.3) is 0 Å². The summed E-state index contributed by atoms with van der Waals surface area (Å²) in [5, 5.41) is 18.2. The lowest BCUT2D eigenvalue weighted by atomic mass is 10.1. The van der Waals surface area contributed by atoms with Crippen LogP contribution in [0.3, 0.4) is 0 Å². The molecule has 3 N–H and O–H groups in total. The number of fused-ring (bicyclic) bond motifs is 1. The van der Waals surface area contributed by atoms with Gasteiger partial charge in [-0.25, -0.2) is 9.59 Å². The Kier molecular flexibility index (Phi) is 7.45. The third kappa shape index (κ3) is 6.52. The molecule has 27 heavy (non-hydrogen) atoms. The summed E-state index contributed by atoms with van der Waals surface area (Å²) in [6, 6.07) is 14.2. The van der Waals surface area contributed by atoms with Crippen molar-refractivity contribution in [3.05, 3.63) is 53.6 Å². The van der Waals surface area contributed by atoms with Crippen LogP contribution in [0, 0.1) is 0 Å². The van der Waals surface area contributed by atoms with Crippen LogP contribution >= 0.6 is 0 Å². The summed E-state index contributed by atoms with van der Waals surface area (Å²) in [5.74, 6) is -1.08. The summed E-state index contributed by atoms with van der Waals surface area (Å²) < 4.78 is 15.8. The summed E-state index contributed by atoms with van der Waals surface area (Å²) in [6.07, 6.45) is 0.995. The van der Waals surface area contributed by atoms with Gasteiger partial charge in [0, 0.05) is 6.54 Å². The molecule has 0 spiro atoms. The van der Waals surface area contributed by atoms with E-state index in [1.807, 2.05) is 24.3 Å². The molecule has 0 saturated heterocycles. The SMILES string of the molecule is COc1ccc(CCNCc2ccc3c(c2)OCO3)cc1.O=C(O)C(=O)O. The number of nitrogens with one attached hydrogen (secondary N) is 1. The van der Waals surface area contributed by atoms with Crippen LogP contribution in [0.5, 0.6) is 17.2 Å². The second kappa shape index (κ2) is 10.0. The van der Waals surface area contributed by atoms with Crippen LogP contribution in [0.1, 0.15) is 11.1 Å². The van der Waals surface area contributed by atoms with E-state index in [0.717, 1.165) is 36.8 Å². The Balaban J connectivity index is 0.000000380. The van der Waals surface area contributed by atoms with Crippen LogP contribution in [-0.2, 0) is 22.6 Å². The molecule has 0 radical (unpaired) electrons. The van der Waals surface area contributed by atoms with E-state index in [1.165, 1.54) is 11.1 Å². The fraction of sp³-hybridized carbons (Fsp3) is 0.263. The summed E-state index contributed by atoms with van der Waals surface area (Å²) in [7, 11) is 1.68. The van der Waals surface area contributed by atoms with Gasteiger partial charge in [0.2, 0.25) is 6.79 Å². The zero-order chi connectivity index (χ0) is 19.6. The van der Waals surface area contributed by atoms with Crippen LogP contribution in [0.4, 0.5) is 0 Å². The lowest BCUT2D eigenvalue weighted by Gasteiger charge is -2.07. The first-order valence-corrected chi connectivity index (χ1v) is 8.18. The van der Waals surface area contributed by atoms with Gasteiger partial charge in [-0.2, -0.15) is 0 Å². The molecular formula is C19H21NO7. The normalized spacial score (nSPS) is 11.3. The highest BCUT2D eigenvalue weighted by Gasteiger charge is 2.12. The molecule has 0 bridgehead atoms. The van der Waals surface area contributed by atoms with E-state index in [0.29, 0.717) is 6.79 Å². The number of methoxy groups -OCH3 is 1. The highest BCUT2D eigenvalue weighted by molar-refractivity contribution is 6.27. The van der Waals surface area contributed by atoms with Gasteiger partial charge in [-0.1, -0.05) is 18.2 Å². The number of ether oxygens (including phenoxy) is 3. The Bertz CT molecular complexity index is 762. The first-order valence-electron chi connectivity index (χ1n) is 8.18. The van der Waals surface area contributed by atoms with Crippen LogP contribution in [0.25, 0.3) is 0 Å². The number of carboxylic acids is 2. The number of rotatable bonds is 6. The molecule has 1 aliphatic heterocycles. The van der Waals surface area contributed by atoms with Gasteiger partial charge in [-0.05, 0) is 48.4 Å². The maximum Gasteiger partial charge on any atom is 0.414 e. The molecule has 0 aromatic heterocycles. The zero-order valence-corrected chi connectivity index (χ0v) is 14.8. The molecule has 0 fully saturated rings. The van der Waals surface area contributed by atoms with Gasteiger partial charge < -0.3 is 29.7 Å². The molecule has 0 atom stereocenters. The van der Waals surface area contributed by atoms with Crippen LogP contribution in [0.2, 0.25) is 0 Å². The van der Waals surface area contributed by atoms with Gasteiger partial charge >= 0.3 is 11.9 Å². The van der Waals surface area contributed by atoms with Crippen molar-refractivity contribution in [2.24, 2.45) is 0 Å². The lowest BCUT2D eigenvalue weighted by molar-refractivity contribution is -0.159. The van der Waals surface area contributed by atoms with Gasteiger partial charge in [-0.15, -0.1) is 0 Å². The molecule has 0 unspecified atom stereocenters. The number of benzene rings is 2. The first kappa shape index (κ1) is 20.1. The van der Waals surface area contributed by atoms with Crippen molar-refractivity contribution in [1.82, 2.24) is 5.32 Å². The van der Waals surface area contributed by atoms with Gasteiger partial charge in [-0.3, -0.25) is 0 Å². The average Bonchev–Trinajstić information content (AvgIpc) is 3.14. The lowest BCUT2D eigenvalue weighted by Crippen LogP contribution is -2.16.